The molecule has 0 aliphatic carbocycles. The molecule has 0 spiro atoms. The van der Waals surface area contributed by atoms with Gasteiger partial charge in [0.1, 0.15) is 18.0 Å². The summed E-state index contributed by atoms with van der Waals surface area (Å²) < 4.78 is 47.4. The zero-order chi connectivity index (χ0) is 13.9. The van der Waals surface area contributed by atoms with E-state index in [4.69, 9.17) is 9.47 Å². The van der Waals surface area contributed by atoms with E-state index >= 15 is 0 Å². The van der Waals surface area contributed by atoms with Gasteiger partial charge in [0.25, 0.3) is 0 Å². The second-order valence-corrected chi connectivity index (χ2v) is 3.97. The lowest BCUT2D eigenvalue weighted by molar-refractivity contribution is -0.119. The summed E-state index contributed by atoms with van der Waals surface area (Å²) in [5.74, 6) is 0.909. The van der Waals surface area contributed by atoms with Crippen molar-refractivity contribution in [3.05, 3.63) is 17.7 Å². The predicted octanol–water partition coefficient (Wildman–Crippen LogP) is 3.01. The summed E-state index contributed by atoms with van der Waals surface area (Å²) >= 11 is 0. The van der Waals surface area contributed by atoms with E-state index in [1.807, 2.05) is 0 Å². The Balaban J connectivity index is 3.14. The summed E-state index contributed by atoms with van der Waals surface area (Å²) in [5, 5.41) is 0. The smallest absolute Gasteiger partial charge is 0.405 e. The van der Waals surface area contributed by atoms with Gasteiger partial charge < -0.3 is 14.4 Å². The molecule has 1 rings (SSSR count). The molecule has 0 bridgehead atoms. The summed E-state index contributed by atoms with van der Waals surface area (Å²) in [4.78, 5) is 1.12. The Bertz CT molecular complexity index is 419. The van der Waals surface area contributed by atoms with Crippen molar-refractivity contribution in [3.8, 4) is 11.5 Å². The Hall–Kier alpha value is -1.59. The third-order valence-electron chi connectivity index (χ3n) is 2.49. The molecule has 6 heteroatoms. The first-order valence-corrected chi connectivity index (χ1v) is 5.29. The fourth-order valence-corrected chi connectivity index (χ4v) is 1.83. The number of rotatable bonds is 4. The SMILES string of the molecule is COc1cc(C)c(N(C)CC(F)(F)F)c(OC)c1. The molecule has 0 N–H and O–H groups in total. The molecule has 0 aliphatic heterocycles. The van der Waals surface area contributed by atoms with E-state index in [0.29, 0.717) is 22.7 Å². The fourth-order valence-electron chi connectivity index (χ4n) is 1.83. The van der Waals surface area contributed by atoms with Crippen molar-refractivity contribution in [2.75, 3.05) is 32.7 Å². The standard InChI is InChI=1S/C12H16F3NO2/c1-8-5-9(17-3)6-10(18-4)11(8)16(2)7-12(13,14)15/h5-6H,7H2,1-4H3. The first-order chi connectivity index (χ1) is 8.28. The third kappa shape index (κ3) is 3.45. The molecule has 0 aromatic heterocycles. The minimum atomic E-state index is -4.26. The van der Waals surface area contributed by atoms with Crippen LogP contribution in [0.15, 0.2) is 12.1 Å². The second-order valence-electron chi connectivity index (χ2n) is 3.97. The average Bonchev–Trinajstić information content (AvgIpc) is 2.24. The zero-order valence-electron chi connectivity index (χ0n) is 10.8. The summed E-state index contributed by atoms with van der Waals surface area (Å²) in [6.45, 7) is 0.684. The second kappa shape index (κ2) is 5.37. The van der Waals surface area contributed by atoms with Crippen molar-refractivity contribution in [2.45, 2.75) is 13.1 Å². The molecule has 0 saturated carbocycles. The van der Waals surface area contributed by atoms with Crippen LogP contribution in [-0.2, 0) is 0 Å². The van der Waals surface area contributed by atoms with E-state index in [1.165, 1.54) is 21.3 Å². The van der Waals surface area contributed by atoms with Crippen LogP contribution in [0.1, 0.15) is 5.56 Å². The maximum atomic E-state index is 12.4. The van der Waals surface area contributed by atoms with E-state index in [1.54, 1.807) is 19.1 Å². The minimum absolute atomic E-state index is 0.360. The normalized spacial score (nSPS) is 11.3. The van der Waals surface area contributed by atoms with Gasteiger partial charge in [-0.15, -0.1) is 0 Å². The highest BCUT2D eigenvalue weighted by molar-refractivity contribution is 5.65. The minimum Gasteiger partial charge on any atom is -0.497 e. The molecule has 0 radical (unpaired) electrons. The number of ether oxygens (including phenoxy) is 2. The molecule has 0 unspecified atom stereocenters. The first-order valence-electron chi connectivity index (χ1n) is 5.29. The molecule has 3 nitrogen and oxygen atoms in total. The van der Waals surface area contributed by atoms with E-state index in [0.717, 1.165) is 4.90 Å². The largest absolute Gasteiger partial charge is 0.497 e. The van der Waals surface area contributed by atoms with Crippen molar-refractivity contribution in [3.63, 3.8) is 0 Å². The van der Waals surface area contributed by atoms with Crippen LogP contribution in [-0.4, -0.2) is 34.0 Å². The number of halogens is 3. The van der Waals surface area contributed by atoms with Crippen molar-refractivity contribution >= 4 is 5.69 Å². The summed E-state index contributed by atoms with van der Waals surface area (Å²) in [5.41, 5.74) is 1.08. The third-order valence-corrected chi connectivity index (χ3v) is 2.49. The number of anilines is 1. The average molecular weight is 263 g/mol. The molecule has 0 atom stereocenters. The summed E-state index contributed by atoms with van der Waals surface area (Å²) in [7, 11) is 4.29. The zero-order valence-corrected chi connectivity index (χ0v) is 10.8. The van der Waals surface area contributed by atoms with Gasteiger partial charge in [0, 0.05) is 13.1 Å². The lowest BCUT2D eigenvalue weighted by Crippen LogP contribution is -2.31. The maximum absolute atomic E-state index is 12.4. The molecule has 0 heterocycles. The van der Waals surface area contributed by atoms with Gasteiger partial charge in [0.2, 0.25) is 0 Å². The first kappa shape index (κ1) is 14.5. The Morgan fingerprint density at radius 1 is 1.17 bits per heavy atom. The Morgan fingerprint density at radius 3 is 2.22 bits per heavy atom. The van der Waals surface area contributed by atoms with Crippen molar-refractivity contribution in [2.24, 2.45) is 0 Å². The maximum Gasteiger partial charge on any atom is 0.405 e. The van der Waals surface area contributed by atoms with Gasteiger partial charge in [-0.1, -0.05) is 0 Å². The van der Waals surface area contributed by atoms with Crippen LogP contribution in [0.5, 0.6) is 11.5 Å². The van der Waals surface area contributed by atoms with Crippen LogP contribution in [0.3, 0.4) is 0 Å². The Labute approximate surface area is 104 Å². The summed E-state index contributed by atoms with van der Waals surface area (Å²) in [6.07, 6.45) is -4.26. The lowest BCUT2D eigenvalue weighted by atomic mass is 10.1. The number of aryl methyl sites for hydroxylation is 1. The molecule has 1 aromatic rings. The molecule has 0 amide bonds. The van der Waals surface area contributed by atoms with E-state index in [2.05, 4.69) is 0 Å². The van der Waals surface area contributed by atoms with Crippen LogP contribution >= 0.6 is 0 Å². The number of hydrogen-bond donors (Lipinski definition) is 0. The van der Waals surface area contributed by atoms with Crippen LogP contribution in [0.25, 0.3) is 0 Å². The van der Waals surface area contributed by atoms with Gasteiger partial charge in [0.15, 0.2) is 0 Å². The van der Waals surface area contributed by atoms with Crippen molar-refractivity contribution in [1.82, 2.24) is 0 Å². The molecular formula is C12H16F3NO2. The lowest BCUT2D eigenvalue weighted by Gasteiger charge is -2.25. The molecule has 0 fully saturated rings. The molecule has 102 valence electrons. The highest BCUT2D eigenvalue weighted by Crippen LogP contribution is 2.36. The van der Waals surface area contributed by atoms with Crippen LogP contribution < -0.4 is 14.4 Å². The predicted molar refractivity (Wildman–Crippen MR) is 63.6 cm³/mol. The highest BCUT2D eigenvalue weighted by atomic mass is 19.4. The number of hydrogen-bond acceptors (Lipinski definition) is 3. The van der Waals surface area contributed by atoms with Crippen LogP contribution in [0.2, 0.25) is 0 Å². The van der Waals surface area contributed by atoms with Gasteiger partial charge in [-0.2, -0.15) is 13.2 Å². The molecule has 0 aliphatic rings. The molecule has 0 saturated heterocycles. The van der Waals surface area contributed by atoms with Crippen LogP contribution in [0, 0.1) is 6.92 Å². The van der Waals surface area contributed by atoms with E-state index in [-0.39, 0.29) is 0 Å². The quantitative estimate of drug-likeness (QED) is 0.833. The van der Waals surface area contributed by atoms with Gasteiger partial charge in [-0.3, -0.25) is 0 Å². The fraction of sp³-hybridized carbons (Fsp3) is 0.500. The number of alkyl halides is 3. The molecule has 18 heavy (non-hydrogen) atoms. The van der Waals surface area contributed by atoms with E-state index in [9.17, 15) is 13.2 Å². The van der Waals surface area contributed by atoms with Gasteiger partial charge in [-0.25, -0.2) is 0 Å². The van der Waals surface area contributed by atoms with Gasteiger partial charge in [-0.05, 0) is 18.6 Å². The number of methoxy groups -OCH3 is 2. The topological polar surface area (TPSA) is 21.7 Å². The molecule has 1 aromatic carbocycles. The van der Waals surface area contributed by atoms with Crippen LogP contribution in [0.4, 0.5) is 18.9 Å². The highest BCUT2D eigenvalue weighted by Gasteiger charge is 2.31. The van der Waals surface area contributed by atoms with Gasteiger partial charge in [0.05, 0.1) is 19.9 Å². The Morgan fingerprint density at radius 2 is 1.78 bits per heavy atom. The van der Waals surface area contributed by atoms with Gasteiger partial charge >= 0.3 is 6.18 Å². The van der Waals surface area contributed by atoms with Crippen molar-refractivity contribution < 1.29 is 22.6 Å². The number of nitrogens with zero attached hydrogens (tertiary/aromatic N) is 1. The Kier molecular flexibility index (Phi) is 4.32. The molecular weight excluding hydrogens is 247 g/mol. The summed E-state index contributed by atoms with van der Waals surface area (Å²) in [6, 6.07) is 3.24. The number of benzene rings is 1. The monoisotopic (exact) mass is 263 g/mol. The van der Waals surface area contributed by atoms with E-state index < -0.39 is 12.7 Å². The van der Waals surface area contributed by atoms with Crippen molar-refractivity contribution in [1.29, 1.82) is 0 Å².